The van der Waals surface area contributed by atoms with Crippen molar-refractivity contribution in [2.75, 3.05) is 0 Å². The summed E-state index contributed by atoms with van der Waals surface area (Å²) in [4.78, 5) is 12.0. The van der Waals surface area contributed by atoms with E-state index in [2.05, 4.69) is 5.32 Å². The van der Waals surface area contributed by atoms with Gasteiger partial charge in [-0.2, -0.15) is 0 Å². The van der Waals surface area contributed by atoms with Gasteiger partial charge in [-0.3, -0.25) is 4.79 Å². The van der Waals surface area contributed by atoms with Crippen LogP contribution in [0.1, 0.15) is 27.0 Å². The first-order valence-electron chi connectivity index (χ1n) is 6.32. The highest BCUT2D eigenvalue weighted by Gasteiger charge is 2.06. The third-order valence-corrected chi connectivity index (χ3v) is 3.13. The topological polar surface area (TPSA) is 55.1 Å². The molecule has 19 heavy (non-hydrogen) atoms. The highest BCUT2D eigenvalue weighted by Crippen LogP contribution is 2.08. The second-order valence-electron chi connectivity index (χ2n) is 4.51. The molecule has 0 aromatic heterocycles. The van der Waals surface area contributed by atoms with Crippen molar-refractivity contribution in [2.45, 2.75) is 20.0 Å². The van der Waals surface area contributed by atoms with Crippen molar-refractivity contribution in [3.63, 3.8) is 0 Å². The van der Waals surface area contributed by atoms with E-state index in [1.54, 1.807) is 6.07 Å². The summed E-state index contributed by atoms with van der Waals surface area (Å²) in [5.41, 5.74) is 9.49. The summed E-state index contributed by atoms with van der Waals surface area (Å²) in [6.07, 6.45) is 0. The fraction of sp³-hybridized carbons (Fsp3) is 0.188. The maximum atomic E-state index is 12.0. The largest absolute Gasteiger partial charge is 0.348 e. The van der Waals surface area contributed by atoms with Crippen LogP contribution in [0, 0.1) is 6.92 Å². The van der Waals surface area contributed by atoms with Crippen molar-refractivity contribution in [3.05, 3.63) is 70.8 Å². The van der Waals surface area contributed by atoms with Crippen LogP contribution >= 0.6 is 0 Å². The molecule has 1 amide bonds. The Morgan fingerprint density at radius 2 is 1.95 bits per heavy atom. The molecule has 0 unspecified atom stereocenters. The third-order valence-electron chi connectivity index (χ3n) is 3.13. The van der Waals surface area contributed by atoms with E-state index in [1.165, 1.54) is 5.56 Å². The molecule has 0 aliphatic heterocycles. The lowest BCUT2D eigenvalue weighted by molar-refractivity contribution is 0.0951. The zero-order valence-electron chi connectivity index (χ0n) is 11.0. The number of nitrogens with two attached hydrogens (primary N) is 1. The van der Waals surface area contributed by atoms with Gasteiger partial charge in [0.25, 0.3) is 5.91 Å². The van der Waals surface area contributed by atoms with Gasteiger partial charge in [0.1, 0.15) is 0 Å². The minimum Gasteiger partial charge on any atom is -0.348 e. The van der Waals surface area contributed by atoms with Gasteiger partial charge in [0.15, 0.2) is 0 Å². The summed E-state index contributed by atoms with van der Waals surface area (Å²) >= 11 is 0. The van der Waals surface area contributed by atoms with Gasteiger partial charge in [-0.15, -0.1) is 0 Å². The maximum Gasteiger partial charge on any atom is 0.251 e. The van der Waals surface area contributed by atoms with Gasteiger partial charge in [-0.1, -0.05) is 36.4 Å². The van der Waals surface area contributed by atoms with E-state index < -0.39 is 0 Å². The average Bonchev–Trinajstić information content (AvgIpc) is 2.46. The smallest absolute Gasteiger partial charge is 0.251 e. The molecule has 0 radical (unpaired) electrons. The van der Waals surface area contributed by atoms with Gasteiger partial charge >= 0.3 is 0 Å². The van der Waals surface area contributed by atoms with Crippen LogP contribution in [0.3, 0.4) is 0 Å². The molecule has 0 spiro atoms. The summed E-state index contributed by atoms with van der Waals surface area (Å²) in [5.74, 6) is -0.0708. The lowest BCUT2D eigenvalue weighted by Gasteiger charge is -2.08. The molecule has 0 saturated carbocycles. The summed E-state index contributed by atoms with van der Waals surface area (Å²) in [6, 6.07) is 15.4. The van der Waals surface area contributed by atoms with Crippen LogP contribution in [-0.4, -0.2) is 5.91 Å². The average molecular weight is 254 g/mol. The van der Waals surface area contributed by atoms with Gasteiger partial charge in [0.2, 0.25) is 0 Å². The fourth-order valence-electron chi connectivity index (χ4n) is 1.93. The molecule has 0 saturated heterocycles. The first-order valence-corrected chi connectivity index (χ1v) is 6.32. The van der Waals surface area contributed by atoms with E-state index in [0.29, 0.717) is 18.7 Å². The first-order chi connectivity index (χ1) is 9.20. The highest BCUT2D eigenvalue weighted by molar-refractivity contribution is 5.94. The molecule has 0 aliphatic carbocycles. The molecule has 0 fully saturated rings. The van der Waals surface area contributed by atoms with E-state index in [0.717, 1.165) is 11.1 Å². The van der Waals surface area contributed by atoms with Crippen LogP contribution in [0.25, 0.3) is 0 Å². The van der Waals surface area contributed by atoms with E-state index in [4.69, 9.17) is 5.73 Å². The maximum absolute atomic E-state index is 12.0. The Morgan fingerprint density at radius 3 is 2.68 bits per heavy atom. The van der Waals surface area contributed by atoms with Crippen molar-refractivity contribution in [1.29, 1.82) is 0 Å². The van der Waals surface area contributed by atoms with Crippen LogP contribution in [0.4, 0.5) is 0 Å². The molecule has 3 nitrogen and oxygen atoms in total. The standard InChI is InChI=1S/C16H18N2O/c1-12-5-2-3-7-15(12)11-18-16(19)14-8-4-6-13(9-14)10-17/h2-9H,10-11,17H2,1H3,(H,18,19). The van der Waals surface area contributed by atoms with E-state index >= 15 is 0 Å². The van der Waals surface area contributed by atoms with Crippen molar-refractivity contribution in [1.82, 2.24) is 5.32 Å². The predicted octanol–water partition coefficient (Wildman–Crippen LogP) is 2.38. The third kappa shape index (κ3) is 3.42. The highest BCUT2D eigenvalue weighted by atomic mass is 16.1. The zero-order chi connectivity index (χ0) is 13.7. The molecule has 98 valence electrons. The summed E-state index contributed by atoms with van der Waals surface area (Å²) in [6.45, 7) is 3.02. The lowest BCUT2D eigenvalue weighted by Crippen LogP contribution is -2.23. The number of carbonyl (C=O) groups excluding carboxylic acids is 1. The van der Waals surface area contributed by atoms with Crippen LogP contribution < -0.4 is 11.1 Å². The molecular weight excluding hydrogens is 236 g/mol. The Morgan fingerprint density at radius 1 is 1.16 bits per heavy atom. The quantitative estimate of drug-likeness (QED) is 0.880. The Hall–Kier alpha value is -2.13. The molecule has 0 aliphatic rings. The van der Waals surface area contributed by atoms with Gasteiger partial charge < -0.3 is 11.1 Å². The summed E-state index contributed by atoms with van der Waals surface area (Å²) in [5, 5.41) is 2.93. The fourth-order valence-corrected chi connectivity index (χ4v) is 1.93. The van der Waals surface area contributed by atoms with Gasteiger partial charge in [-0.05, 0) is 35.7 Å². The Bertz CT molecular complexity index is 578. The molecule has 2 aromatic rings. The predicted molar refractivity (Wildman–Crippen MR) is 76.7 cm³/mol. The second kappa shape index (κ2) is 6.16. The number of carbonyl (C=O) groups is 1. The van der Waals surface area contributed by atoms with Crippen LogP contribution in [0.15, 0.2) is 48.5 Å². The summed E-state index contributed by atoms with van der Waals surface area (Å²) < 4.78 is 0. The Balaban J connectivity index is 2.03. The van der Waals surface area contributed by atoms with E-state index in [1.807, 2.05) is 49.4 Å². The molecule has 3 N–H and O–H groups in total. The molecule has 0 heterocycles. The van der Waals surface area contributed by atoms with Crippen molar-refractivity contribution in [3.8, 4) is 0 Å². The minimum atomic E-state index is -0.0708. The normalized spacial score (nSPS) is 10.2. The number of nitrogens with one attached hydrogen (secondary N) is 1. The first kappa shape index (κ1) is 13.3. The number of amides is 1. The molecular formula is C16H18N2O. The van der Waals surface area contributed by atoms with Crippen molar-refractivity contribution in [2.24, 2.45) is 5.73 Å². The molecule has 2 rings (SSSR count). The minimum absolute atomic E-state index is 0.0708. The second-order valence-corrected chi connectivity index (χ2v) is 4.51. The van der Waals surface area contributed by atoms with Crippen molar-refractivity contribution >= 4 is 5.91 Å². The van der Waals surface area contributed by atoms with E-state index in [9.17, 15) is 4.79 Å². The number of benzene rings is 2. The Kier molecular flexibility index (Phi) is 4.31. The van der Waals surface area contributed by atoms with Gasteiger partial charge in [0.05, 0.1) is 0 Å². The number of aryl methyl sites for hydroxylation is 1. The summed E-state index contributed by atoms with van der Waals surface area (Å²) in [7, 11) is 0. The number of hydrogen-bond acceptors (Lipinski definition) is 2. The van der Waals surface area contributed by atoms with E-state index in [-0.39, 0.29) is 5.91 Å². The van der Waals surface area contributed by atoms with Crippen molar-refractivity contribution < 1.29 is 4.79 Å². The number of hydrogen-bond donors (Lipinski definition) is 2. The molecule has 0 bridgehead atoms. The molecule has 3 heteroatoms. The van der Waals surface area contributed by atoms with Crippen LogP contribution in [0.5, 0.6) is 0 Å². The Labute approximate surface area is 113 Å². The molecule has 0 atom stereocenters. The lowest BCUT2D eigenvalue weighted by atomic mass is 10.1. The van der Waals surface area contributed by atoms with Gasteiger partial charge in [-0.25, -0.2) is 0 Å². The zero-order valence-corrected chi connectivity index (χ0v) is 11.0. The molecule has 2 aromatic carbocycles. The van der Waals surface area contributed by atoms with Crippen LogP contribution in [-0.2, 0) is 13.1 Å². The SMILES string of the molecule is Cc1ccccc1CNC(=O)c1cccc(CN)c1. The van der Waals surface area contributed by atoms with Gasteiger partial charge in [0, 0.05) is 18.7 Å². The van der Waals surface area contributed by atoms with Crippen LogP contribution in [0.2, 0.25) is 0 Å². The number of rotatable bonds is 4. The monoisotopic (exact) mass is 254 g/mol.